The summed E-state index contributed by atoms with van der Waals surface area (Å²) in [6, 6.07) is 15.7. The average molecular weight is 419 g/mol. The van der Waals surface area contributed by atoms with Gasteiger partial charge in [-0.05, 0) is 36.5 Å². The van der Waals surface area contributed by atoms with E-state index in [4.69, 9.17) is 9.05 Å². The number of hydrogen-bond donors (Lipinski definition) is 0. The fraction of sp³-hybridized carbons (Fsp3) is 0.455. The largest absolute Gasteiger partial charge is 0.424 e. The molecular weight excluding hydrogens is 389 g/mol. The minimum atomic E-state index is -3.35. The Balaban J connectivity index is 1.99. The van der Waals surface area contributed by atoms with Gasteiger partial charge in [0.15, 0.2) is 0 Å². The van der Waals surface area contributed by atoms with Crippen molar-refractivity contribution in [3.8, 4) is 5.75 Å². The molecular formula is C22H30NO5P. The molecule has 2 atom stereocenters. The third-order valence-electron chi connectivity index (χ3n) is 4.56. The van der Waals surface area contributed by atoms with E-state index in [1.165, 1.54) is 29.8 Å². The molecule has 0 bridgehead atoms. The Hall–Kier alpha value is -2.17. The van der Waals surface area contributed by atoms with Gasteiger partial charge in [0, 0.05) is 12.1 Å². The minimum Gasteiger partial charge on any atom is -0.424 e. The molecule has 0 saturated heterocycles. The van der Waals surface area contributed by atoms with Gasteiger partial charge in [-0.2, -0.15) is 0 Å². The first-order valence-corrected chi connectivity index (χ1v) is 11.9. The lowest BCUT2D eigenvalue weighted by Crippen LogP contribution is -2.11. The Morgan fingerprint density at radius 3 is 2.34 bits per heavy atom. The van der Waals surface area contributed by atoms with Crippen LogP contribution in [0.5, 0.6) is 5.75 Å². The van der Waals surface area contributed by atoms with E-state index in [0.29, 0.717) is 18.5 Å². The minimum absolute atomic E-state index is 0.0347. The van der Waals surface area contributed by atoms with Crippen molar-refractivity contribution in [3.63, 3.8) is 0 Å². The molecule has 0 radical (unpaired) electrons. The van der Waals surface area contributed by atoms with Crippen LogP contribution in [0.15, 0.2) is 54.6 Å². The Kier molecular flexibility index (Phi) is 9.36. The number of nitro benzene ring substituents is 1. The van der Waals surface area contributed by atoms with Crippen LogP contribution in [0, 0.1) is 16.0 Å². The fourth-order valence-electron chi connectivity index (χ4n) is 2.97. The van der Waals surface area contributed by atoms with Crippen molar-refractivity contribution in [1.29, 1.82) is 0 Å². The smallest absolute Gasteiger partial charge is 0.379 e. The standard InChI is InChI=1S/C22H30NO5P/c1-3-4-5-9-16-29(26,28-22-14-12-21(13-15-22)23(24)25)27-18-19(2)17-20-10-7-6-8-11-20/h6-8,10-15,19H,3-5,9,16-18H2,1-2H3/t19-,29?/m1/s1. The average Bonchev–Trinajstić information content (AvgIpc) is 2.71. The maximum absolute atomic E-state index is 13.3. The number of nitro groups is 1. The lowest BCUT2D eigenvalue weighted by molar-refractivity contribution is -0.384. The molecule has 29 heavy (non-hydrogen) atoms. The third kappa shape index (κ3) is 8.38. The maximum atomic E-state index is 13.3. The van der Waals surface area contributed by atoms with Gasteiger partial charge >= 0.3 is 7.60 Å². The second-order valence-electron chi connectivity index (χ2n) is 7.33. The van der Waals surface area contributed by atoms with Crippen LogP contribution in [0.2, 0.25) is 0 Å². The van der Waals surface area contributed by atoms with Gasteiger partial charge in [-0.25, -0.2) is 4.57 Å². The highest BCUT2D eigenvalue weighted by Gasteiger charge is 2.27. The number of unbranched alkanes of at least 4 members (excludes halogenated alkanes) is 3. The van der Waals surface area contributed by atoms with Crippen LogP contribution in [0.4, 0.5) is 5.69 Å². The van der Waals surface area contributed by atoms with E-state index in [2.05, 4.69) is 26.0 Å². The SMILES string of the molecule is CCCCCCP(=O)(OC[C@H](C)Cc1ccccc1)Oc1ccc([N+](=O)[O-])cc1. The third-order valence-corrected chi connectivity index (χ3v) is 6.46. The number of rotatable bonds is 13. The zero-order valence-corrected chi connectivity index (χ0v) is 18.1. The summed E-state index contributed by atoms with van der Waals surface area (Å²) in [6.07, 6.45) is 5.04. The number of nitrogens with zero attached hydrogens (tertiary/aromatic N) is 1. The second kappa shape index (κ2) is 11.7. The highest BCUT2D eigenvalue weighted by Crippen LogP contribution is 2.49. The van der Waals surface area contributed by atoms with Gasteiger partial charge in [0.1, 0.15) is 5.75 Å². The van der Waals surface area contributed by atoms with Gasteiger partial charge in [-0.1, -0.05) is 63.4 Å². The lowest BCUT2D eigenvalue weighted by Gasteiger charge is -2.21. The zero-order valence-electron chi connectivity index (χ0n) is 17.2. The highest BCUT2D eigenvalue weighted by atomic mass is 31.2. The molecule has 2 aromatic carbocycles. The monoisotopic (exact) mass is 419 g/mol. The molecule has 0 spiro atoms. The molecule has 0 aliphatic rings. The Morgan fingerprint density at radius 2 is 1.72 bits per heavy atom. The summed E-state index contributed by atoms with van der Waals surface area (Å²) < 4.78 is 24.9. The number of hydrogen-bond acceptors (Lipinski definition) is 5. The van der Waals surface area contributed by atoms with Gasteiger partial charge in [-0.15, -0.1) is 0 Å². The molecule has 0 aliphatic carbocycles. The van der Waals surface area contributed by atoms with Crippen LogP contribution >= 0.6 is 7.60 Å². The predicted octanol–water partition coefficient (Wildman–Crippen LogP) is 6.64. The molecule has 0 fully saturated rings. The van der Waals surface area contributed by atoms with Crippen molar-refractivity contribution >= 4 is 13.3 Å². The van der Waals surface area contributed by atoms with Crippen molar-refractivity contribution in [2.45, 2.75) is 46.0 Å². The Labute approximate surface area is 172 Å². The molecule has 2 aromatic rings. The quantitative estimate of drug-likeness (QED) is 0.157. The van der Waals surface area contributed by atoms with Gasteiger partial charge < -0.3 is 4.52 Å². The van der Waals surface area contributed by atoms with Gasteiger partial charge in [0.05, 0.1) is 17.7 Å². The normalized spacial score (nSPS) is 14.1. The second-order valence-corrected chi connectivity index (χ2v) is 9.44. The van der Waals surface area contributed by atoms with Crippen LogP contribution in [0.3, 0.4) is 0 Å². The molecule has 1 unspecified atom stereocenters. The van der Waals surface area contributed by atoms with Crippen molar-refractivity contribution in [2.75, 3.05) is 12.8 Å². The van der Waals surface area contributed by atoms with Crippen LogP contribution in [0.1, 0.15) is 45.1 Å². The molecule has 2 rings (SSSR count). The molecule has 0 amide bonds. The molecule has 0 heterocycles. The van der Waals surface area contributed by atoms with E-state index in [9.17, 15) is 14.7 Å². The highest BCUT2D eigenvalue weighted by molar-refractivity contribution is 7.54. The summed E-state index contributed by atoms with van der Waals surface area (Å²) in [5.41, 5.74) is 1.17. The summed E-state index contributed by atoms with van der Waals surface area (Å²) >= 11 is 0. The molecule has 0 N–H and O–H groups in total. The summed E-state index contributed by atoms with van der Waals surface area (Å²) in [5, 5.41) is 10.8. The fourth-order valence-corrected chi connectivity index (χ4v) is 4.78. The van der Waals surface area contributed by atoms with E-state index in [1.807, 2.05) is 18.2 Å². The molecule has 0 aliphatic heterocycles. The van der Waals surface area contributed by atoms with E-state index >= 15 is 0 Å². The topological polar surface area (TPSA) is 78.7 Å². The predicted molar refractivity (Wildman–Crippen MR) is 116 cm³/mol. The first-order valence-electron chi connectivity index (χ1n) is 10.1. The summed E-state index contributed by atoms with van der Waals surface area (Å²) in [7, 11) is -3.35. The summed E-state index contributed by atoms with van der Waals surface area (Å²) in [4.78, 5) is 10.3. The Morgan fingerprint density at radius 1 is 1.03 bits per heavy atom. The van der Waals surface area contributed by atoms with Crippen molar-refractivity contribution in [2.24, 2.45) is 5.92 Å². The van der Waals surface area contributed by atoms with E-state index < -0.39 is 12.5 Å². The van der Waals surface area contributed by atoms with Crippen LogP contribution in [-0.4, -0.2) is 17.7 Å². The van der Waals surface area contributed by atoms with E-state index in [1.54, 1.807) is 0 Å². The molecule has 7 heteroatoms. The first kappa shape index (κ1) is 23.1. The lowest BCUT2D eigenvalue weighted by atomic mass is 10.0. The molecule has 6 nitrogen and oxygen atoms in total. The van der Waals surface area contributed by atoms with Crippen molar-refractivity contribution < 1.29 is 18.5 Å². The number of non-ortho nitro benzene ring substituents is 1. The summed E-state index contributed by atoms with van der Waals surface area (Å²) in [5.74, 6) is 0.506. The molecule has 0 saturated carbocycles. The van der Waals surface area contributed by atoms with Crippen molar-refractivity contribution in [1.82, 2.24) is 0 Å². The number of benzene rings is 2. The molecule has 0 aromatic heterocycles. The van der Waals surface area contributed by atoms with Gasteiger partial charge in [-0.3, -0.25) is 14.6 Å². The van der Waals surface area contributed by atoms with Crippen LogP contribution in [0.25, 0.3) is 0 Å². The van der Waals surface area contributed by atoms with E-state index in [-0.39, 0.29) is 11.6 Å². The first-order chi connectivity index (χ1) is 13.9. The van der Waals surface area contributed by atoms with Gasteiger partial charge in [0.25, 0.3) is 5.69 Å². The van der Waals surface area contributed by atoms with Crippen LogP contribution < -0.4 is 4.52 Å². The maximum Gasteiger partial charge on any atom is 0.379 e. The summed E-state index contributed by atoms with van der Waals surface area (Å²) in [6.45, 7) is 4.50. The van der Waals surface area contributed by atoms with Gasteiger partial charge in [0.2, 0.25) is 0 Å². The van der Waals surface area contributed by atoms with Crippen molar-refractivity contribution in [3.05, 3.63) is 70.3 Å². The molecule has 158 valence electrons. The van der Waals surface area contributed by atoms with E-state index in [0.717, 1.165) is 32.1 Å². The Bertz CT molecular complexity index is 795. The van der Waals surface area contributed by atoms with Crippen LogP contribution in [-0.2, 0) is 15.5 Å². The zero-order chi connectivity index (χ0) is 21.1.